The first-order chi connectivity index (χ1) is 18.3. The Balaban J connectivity index is 1.70. The number of hydrogen-bond acceptors (Lipinski definition) is 7. The molecule has 4 aromatic rings. The molecule has 0 bridgehead atoms. The van der Waals surface area contributed by atoms with Gasteiger partial charge in [-0.1, -0.05) is 67.0 Å². The molecule has 0 saturated heterocycles. The summed E-state index contributed by atoms with van der Waals surface area (Å²) in [6, 6.07) is 15.4. The number of aromatic amines is 1. The van der Waals surface area contributed by atoms with E-state index >= 15 is 0 Å². The average Bonchev–Trinajstić information content (AvgIpc) is 3.35. The number of H-pyrrole nitrogens is 1. The second kappa shape index (κ2) is 11.9. The standard InChI is InChI=1S/C29H32N4O5/c1-5-7-12-24-30-19(4)25(18(3)28(35)37-6-2)27(34)33(24)17-20-13-15-21(16-14-20)22-10-8-9-11-23(22)26-31-29(36)38-32-26/h8-11,13-16,18H,5-7,12,17H2,1-4H3,(H,31,32,36). The summed E-state index contributed by atoms with van der Waals surface area (Å²) in [5, 5.41) is 3.82. The normalized spacial score (nSPS) is 11.9. The lowest BCUT2D eigenvalue weighted by Gasteiger charge is -2.19. The lowest BCUT2D eigenvalue weighted by Crippen LogP contribution is -2.33. The van der Waals surface area contributed by atoms with Crippen LogP contribution in [0.4, 0.5) is 0 Å². The second-order valence-electron chi connectivity index (χ2n) is 9.18. The Morgan fingerprint density at radius 3 is 2.42 bits per heavy atom. The molecule has 0 saturated carbocycles. The fraction of sp³-hybridized carbons (Fsp3) is 0.345. The Morgan fingerprint density at radius 1 is 1.08 bits per heavy atom. The third kappa shape index (κ3) is 5.66. The van der Waals surface area contributed by atoms with E-state index in [2.05, 4.69) is 21.6 Å². The van der Waals surface area contributed by atoms with Crippen LogP contribution < -0.4 is 11.3 Å². The molecule has 2 aromatic carbocycles. The van der Waals surface area contributed by atoms with Crippen molar-refractivity contribution in [3.05, 3.63) is 92.1 Å². The van der Waals surface area contributed by atoms with E-state index in [1.54, 1.807) is 25.3 Å². The lowest BCUT2D eigenvalue weighted by atomic mass is 9.98. The van der Waals surface area contributed by atoms with Gasteiger partial charge in [0.15, 0.2) is 5.82 Å². The van der Waals surface area contributed by atoms with Crippen molar-refractivity contribution in [2.24, 2.45) is 0 Å². The summed E-state index contributed by atoms with van der Waals surface area (Å²) in [6.07, 6.45) is 2.54. The summed E-state index contributed by atoms with van der Waals surface area (Å²) < 4.78 is 11.5. The van der Waals surface area contributed by atoms with Crippen molar-refractivity contribution in [3.63, 3.8) is 0 Å². The highest BCUT2D eigenvalue weighted by Gasteiger charge is 2.25. The van der Waals surface area contributed by atoms with Crippen LogP contribution in [-0.4, -0.2) is 32.3 Å². The van der Waals surface area contributed by atoms with Gasteiger partial charge >= 0.3 is 11.7 Å². The van der Waals surface area contributed by atoms with Crippen LogP contribution >= 0.6 is 0 Å². The molecule has 0 radical (unpaired) electrons. The minimum absolute atomic E-state index is 0.214. The number of rotatable bonds is 10. The first-order valence-corrected chi connectivity index (χ1v) is 12.9. The van der Waals surface area contributed by atoms with Crippen molar-refractivity contribution < 1.29 is 14.1 Å². The Morgan fingerprint density at radius 2 is 1.79 bits per heavy atom. The number of aryl methyl sites for hydroxylation is 2. The van der Waals surface area contributed by atoms with Crippen LogP contribution in [0.5, 0.6) is 0 Å². The zero-order valence-corrected chi connectivity index (χ0v) is 22.1. The fourth-order valence-electron chi connectivity index (χ4n) is 4.56. The van der Waals surface area contributed by atoms with Crippen LogP contribution in [-0.2, 0) is 22.5 Å². The summed E-state index contributed by atoms with van der Waals surface area (Å²) in [6.45, 7) is 7.88. The van der Waals surface area contributed by atoms with Gasteiger partial charge in [-0.25, -0.2) is 9.78 Å². The van der Waals surface area contributed by atoms with Crippen molar-refractivity contribution in [3.8, 4) is 22.5 Å². The van der Waals surface area contributed by atoms with E-state index in [1.165, 1.54) is 0 Å². The van der Waals surface area contributed by atoms with Gasteiger partial charge in [0, 0.05) is 17.7 Å². The van der Waals surface area contributed by atoms with Crippen LogP contribution in [0.1, 0.15) is 62.2 Å². The van der Waals surface area contributed by atoms with Crippen LogP contribution in [0.15, 0.2) is 62.6 Å². The minimum Gasteiger partial charge on any atom is -0.466 e. The van der Waals surface area contributed by atoms with E-state index in [0.29, 0.717) is 35.9 Å². The second-order valence-corrected chi connectivity index (χ2v) is 9.18. The molecule has 1 N–H and O–H groups in total. The SMILES string of the molecule is CCCCc1nc(C)c(C(C)C(=O)OCC)c(=O)n1Cc1ccc(-c2ccccc2-c2noc(=O)[nH]2)cc1. The van der Waals surface area contributed by atoms with Gasteiger partial charge < -0.3 is 4.74 Å². The highest BCUT2D eigenvalue weighted by Crippen LogP contribution is 2.30. The van der Waals surface area contributed by atoms with Crippen molar-refractivity contribution in [1.29, 1.82) is 0 Å². The molecule has 4 rings (SSSR count). The quantitative estimate of drug-likeness (QED) is 0.305. The zero-order chi connectivity index (χ0) is 27.2. The smallest absolute Gasteiger partial charge is 0.439 e. The number of unbranched alkanes of at least 4 members (excludes halogenated alkanes) is 1. The molecular weight excluding hydrogens is 484 g/mol. The van der Waals surface area contributed by atoms with Gasteiger partial charge in [-0.3, -0.25) is 23.7 Å². The van der Waals surface area contributed by atoms with Gasteiger partial charge in [0.25, 0.3) is 5.56 Å². The maximum absolute atomic E-state index is 13.7. The molecule has 1 unspecified atom stereocenters. The molecule has 0 aliphatic rings. The van der Waals surface area contributed by atoms with Gasteiger partial charge in [-0.15, -0.1) is 0 Å². The monoisotopic (exact) mass is 516 g/mol. The number of benzene rings is 2. The van der Waals surface area contributed by atoms with E-state index in [-0.39, 0.29) is 12.2 Å². The number of hydrogen-bond donors (Lipinski definition) is 1. The van der Waals surface area contributed by atoms with Crippen LogP contribution in [0.3, 0.4) is 0 Å². The Hall–Kier alpha value is -4.27. The molecule has 0 amide bonds. The van der Waals surface area contributed by atoms with Crippen molar-refractivity contribution >= 4 is 5.97 Å². The van der Waals surface area contributed by atoms with Gasteiger partial charge in [0.2, 0.25) is 0 Å². The predicted octanol–water partition coefficient (Wildman–Crippen LogP) is 4.62. The maximum atomic E-state index is 13.7. The Bertz CT molecular complexity index is 1530. The number of nitrogens with zero attached hydrogens (tertiary/aromatic N) is 3. The number of esters is 1. The molecule has 1 atom stereocenters. The number of aromatic nitrogens is 4. The first kappa shape index (κ1) is 26.8. The van der Waals surface area contributed by atoms with Gasteiger partial charge in [0.1, 0.15) is 5.82 Å². The van der Waals surface area contributed by atoms with E-state index < -0.39 is 17.6 Å². The van der Waals surface area contributed by atoms with Crippen molar-refractivity contribution in [2.45, 2.75) is 59.4 Å². The van der Waals surface area contributed by atoms with E-state index in [0.717, 1.165) is 35.1 Å². The lowest BCUT2D eigenvalue weighted by molar-refractivity contribution is -0.144. The first-order valence-electron chi connectivity index (χ1n) is 12.9. The highest BCUT2D eigenvalue weighted by atomic mass is 16.5. The summed E-state index contributed by atoms with van der Waals surface area (Å²) in [5.74, 6) is -0.686. The molecule has 38 heavy (non-hydrogen) atoms. The summed E-state index contributed by atoms with van der Waals surface area (Å²) in [7, 11) is 0. The minimum atomic E-state index is -0.705. The van der Waals surface area contributed by atoms with Gasteiger partial charge in [0.05, 0.1) is 24.6 Å². The molecule has 0 spiro atoms. The van der Waals surface area contributed by atoms with Crippen molar-refractivity contribution in [2.75, 3.05) is 6.61 Å². The molecule has 198 valence electrons. The Kier molecular flexibility index (Phi) is 8.35. The number of nitrogens with one attached hydrogen (secondary N) is 1. The van der Waals surface area contributed by atoms with Crippen LogP contribution in [0.2, 0.25) is 0 Å². The topological polar surface area (TPSA) is 120 Å². The van der Waals surface area contributed by atoms with E-state index in [9.17, 15) is 14.4 Å². The number of ether oxygens (including phenoxy) is 1. The molecule has 2 heterocycles. The fourth-order valence-corrected chi connectivity index (χ4v) is 4.56. The van der Waals surface area contributed by atoms with E-state index in [4.69, 9.17) is 9.72 Å². The largest absolute Gasteiger partial charge is 0.466 e. The van der Waals surface area contributed by atoms with Crippen LogP contribution in [0, 0.1) is 6.92 Å². The molecule has 0 fully saturated rings. The highest BCUT2D eigenvalue weighted by molar-refractivity contribution is 5.80. The van der Waals surface area contributed by atoms with Gasteiger partial charge in [-0.2, -0.15) is 0 Å². The molecule has 9 heteroatoms. The average molecular weight is 517 g/mol. The van der Waals surface area contributed by atoms with E-state index in [1.807, 2.05) is 48.5 Å². The molecule has 9 nitrogen and oxygen atoms in total. The third-order valence-electron chi connectivity index (χ3n) is 6.53. The van der Waals surface area contributed by atoms with Gasteiger partial charge in [-0.05, 0) is 43.9 Å². The maximum Gasteiger partial charge on any atom is 0.439 e. The molecular formula is C29H32N4O5. The zero-order valence-electron chi connectivity index (χ0n) is 22.1. The summed E-state index contributed by atoms with van der Waals surface area (Å²) >= 11 is 0. The molecule has 0 aliphatic carbocycles. The number of carbonyl (C=O) groups is 1. The predicted molar refractivity (Wildman–Crippen MR) is 144 cm³/mol. The number of carbonyl (C=O) groups excluding carboxylic acids is 1. The Labute approximate surface area is 220 Å². The molecule has 0 aliphatic heterocycles. The third-order valence-corrected chi connectivity index (χ3v) is 6.53. The molecule has 2 aromatic heterocycles. The van der Waals surface area contributed by atoms with Crippen LogP contribution in [0.25, 0.3) is 22.5 Å². The summed E-state index contributed by atoms with van der Waals surface area (Å²) in [4.78, 5) is 45.0. The van der Waals surface area contributed by atoms with Crippen molar-refractivity contribution in [1.82, 2.24) is 19.7 Å². The summed E-state index contributed by atoms with van der Waals surface area (Å²) in [5.41, 5.74) is 4.18.